The van der Waals surface area contributed by atoms with Crippen molar-refractivity contribution < 1.29 is 14.3 Å². The lowest BCUT2D eigenvalue weighted by atomic mass is 9.67. The highest BCUT2D eigenvalue weighted by atomic mass is 35.5. The number of carbonyl (C=O) groups is 2. The number of nitriles is 1. The van der Waals surface area contributed by atoms with Crippen LogP contribution in [0.2, 0.25) is 5.02 Å². The first-order chi connectivity index (χ1) is 15.0. The van der Waals surface area contributed by atoms with E-state index in [1.165, 1.54) is 11.8 Å². The molecular weight excluding hydrogens is 432 g/mol. The van der Waals surface area contributed by atoms with Crippen LogP contribution in [0.5, 0.6) is 0 Å². The lowest BCUT2D eigenvalue weighted by molar-refractivity contribution is -0.144. The molecule has 1 fully saturated rings. The second kappa shape index (κ2) is 8.78. The fraction of sp³-hybridized carbons (Fsp3) is 0.292. The molecule has 2 heterocycles. The number of para-hydroxylation sites is 1. The number of rotatable bonds is 6. The molecule has 0 saturated carbocycles. The first-order valence-electron chi connectivity index (χ1n) is 10.1. The van der Waals surface area contributed by atoms with Crippen LogP contribution in [0.25, 0.3) is 10.9 Å². The highest BCUT2D eigenvalue weighted by molar-refractivity contribution is 7.99. The standard InChI is InChI=1S/C24H21ClN2O3S/c1-2-30-21(28)11-16-13-31-23(15-7-9-17(25)10-8-15)24(16,14-26)22(29)19-12-27-20-6-4-3-5-18(19)20/h3-10,12,16,23,27H,2,11,13H2,1H3/t16-,23+,24+/m1/s1. The maximum atomic E-state index is 14.0. The quantitative estimate of drug-likeness (QED) is 0.390. The third kappa shape index (κ3) is 3.73. The molecule has 1 aromatic heterocycles. The van der Waals surface area contributed by atoms with E-state index in [9.17, 15) is 14.9 Å². The van der Waals surface area contributed by atoms with Crippen molar-refractivity contribution >= 4 is 46.0 Å². The SMILES string of the molecule is CCOC(=O)C[C@@H]1CS[C@@H](c2ccc(Cl)cc2)[C@]1(C#N)C(=O)c1c[nH]c2ccccc12. The van der Waals surface area contributed by atoms with Gasteiger partial charge in [-0.1, -0.05) is 41.9 Å². The van der Waals surface area contributed by atoms with Gasteiger partial charge < -0.3 is 9.72 Å². The molecule has 3 atom stereocenters. The molecule has 31 heavy (non-hydrogen) atoms. The Morgan fingerprint density at radius 2 is 2.00 bits per heavy atom. The number of ether oxygens (including phenoxy) is 1. The third-order valence-electron chi connectivity index (χ3n) is 5.81. The zero-order valence-electron chi connectivity index (χ0n) is 16.9. The van der Waals surface area contributed by atoms with Gasteiger partial charge in [0.05, 0.1) is 24.3 Å². The molecule has 0 bridgehead atoms. The number of benzene rings is 2. The molecule has 2 aromatic carbocycles. The number of aromatic amines is 1. The van der Waals surface area contributed by atoms with E-state index in [0.717, 1.165) is 16.5 Å². The Balaban J connectivity index is 1.83. The van der Waals surface area contributed by atoms with Gasteiger partial charge in [-0.3, -0.25) is 9.59 Å². The number of aromatic nitrogens is 1. The van der Waals surface area contributed by atoms with Crippen LogP contribution in [0.4, 0.5) is 0 Å². The van der Waals surface area contributed by atoms with Crippen LogP contribution in [0.1, 0.15) is 34.5 Å². The summed E-state index contributed by atoms with van der Waals surface area (Å²) in [6.07, 6.45) is 1.68. The number of carbonyl (C=O) groups excluding carboxylic acids is 2. The molecule has 1 aliphatic heterocycles. The molecule has 5 nitrogen and oxygen atoms in total. The molecule has 158 valence electrons. The number of halogens is 1. The van der Waals surface area contributed by atoms with Gasteiger partial charge in [-0.2, -0.15) is 17.0 Å². The number of nitrogens with one attached hydrogen (secondary N) is 1. The molecule has 4 rings (SSSR count). The van der Waals surface area contributed by atoms with E-state index in [2.05, 4.69) is 11.1 Å². The Morgan fingerprint density at radius 1 is 1.26 bits per heavy atom. The summed E-state index contributed by atoms with van der Waals surface area (Å²) < 4.78 is 5.15. The van der Waals surface area contributed by atoms with Gasteiger partial charge in [-0.05, 0) is 36.4 Å². The summed E-state index contributed by atoms with van der Waals surface area (Å²) in [5.74, 6) is -0.625. The first-order valence-corrected chi connectivity index (χ1v) is 11.5. The largest absolute Gasteiger partial charge is 0.466 e. The van der Waals surface area contributed by atoms with Crippen molar-refractivity contribution in [3.63, 3.8) is 0 Å². The Bertz CT molecular complexity index is 1170. The summed E-state index contributed by atoms with van der Waals surface area (Å²) in [6.45, 7) is 2.00. The molecule has 7 heteroatoms. The molecule has 3 aromatic rings. The van der Waals surface area contributed by atoms with Gasteiger partial charge in [0.2, 0.25) is 0 Å². The maximum absolute atomic E-state index is 14.0. The molecule has 0 unspecified atom stereocenters. The fourth-order valence-electron chi connectivity index (χ4n) is 4.31. The molecule has 1 aliphatic rings. The second-order valence-electron chi connectivity index (χ2n) is 7.53. The first kappa shape index (κ1) is 21.5. The summed E-state index contributed by atoms with van der Waals surface area (Å²) >= 11 is 7.59. The number of fused-ring (bicyclic) bond motifs is 1. The van der Waals surface area contributed by atoms with Crippen molar-refractivity contribution in [2.45, 2.75) is 18.6 Å². The Morgan fingerprint density at radius 3 is 2.71 bits per heavy atom. The normalized spacial score (nSPS) is 22.9. The molecule has 0 spiro atoms. The molecule has 1 saturated heterocycles. The van der Waals surface area contributed by atoms with Crippen molar-refractivity contribution in [1.29, 1.82) is 5.26 Å². The van der Waals surface area contributed by atoms with E-state index in [-0.39, 0.29) is 18.8 Å². The van der Waals surface area contributed by atoms with Crippen LogP contribution < -0.4 is 0 Å². The Labute approximate surface area is 189 Å². The van der Waals surface area contributed by atoms with E-state index >= 15 is 0 Å². The summed E-state index contributed by atoms with van der Waals surface area (Å²) in [6, 6.07) is 17.1. The van der Waals surface area contributed by atoms with E-state index in [4.69, 9.17) is 16.3 Å². The van der Waals surface area contributed by atoms with Gasteiger partial charge in [0.1, 0.15) is 5.41 Å². The smallest absolute Gasteiger partial charge is 0.306 e. The number of ketones is 1. The summed E-state index contributed by atoms with van der Waals surface area (Å²) in [5.41, 5.74) is 0.730. The van der Waals surface area contributed by atoms with Gasteiger partial charge in [0.15, 0.2) is 5.78 Å². The number of Topliss-reactive ketones (excluding diaryl/α,β-unsaturated/α-hetero) is 1. The van der Waals surface area contributed by atoms with E-state index in [0.29, 0.717) is 16.3 Å². The lowest BCUT2D eigenvalue weighted by Crippen LogP contribution is -2.39. The zero-order valence-corrected chi connectivity index (χ0v) is 18.5. The van der Waals surface area contributed by atoms with E-state index in [1.807, 2.05) is 36.4 Å². The molecule has 0 radical (unpaired) electrons. The fourth-order valence-corrected chi connectivity index (χ4v) is 6.21. The molecule has 0 aliphatic carbocycles. The van der Waals surface area contributed by atoms with Gasteiger partial charge >= 0.3 is 5.97 Å². The average Bonchev–Trinajstić information content (AvgIpc) is 3.36. The van der Waals surface area contributed by atoms with Crippen molar-refractivity contribution in [3.05, 3.63) is 70.9 Å². The summed E-state index contributed by atoms with van der Waals surface area (Å²) in [5, 5.41) is 11.4. The minimum absolute atomic E-state index is 0.0204. The number of H-pyrrole nitrogens is 1. The summed E-state index contributed by atoms with van der Waals surface area (Å²) in [7, 11) is 0. The second-order valence-corrected chi connectivity index (χ2v) is 9.10. The summed E-state index contributed by atoms with van der Waals surface area (Å²) in [4.78, 5) is 29.5. The van der Waals surface area contributed by atoms with E-state index < -0.39 is 22.6 Å². The monoisotopic (exact) mass is 452 g/mol. The van der Waals surface area contributed by atoms with Gasteiger partial charge in [-0.15, -0.1) is 0 Å². The minimum atomic E-state index is -1.41. The Kier molecular flexibility index (Phi) is 6.08. The number of nitrogens with zero attached hydrogens (tertiary/aromatic N) is 1. The molecular formula is C24H21ClN2O3S. The van der Waals surface area contributed by atoms with Gasteiger partial charge in [0, 0.05) is 33.6 Å². The van der Waals surface area contributed by atoms with Crippen molar-refractivity contribution in [1.82, 2.24) is 4.98 Å². The van der Waals surface area contributed by atoms with Gasteiger partial charge in [-0.25, -0.2) is 0 Å². The van der Waals surface area contributed by atoms with Gasteiger partial charge in [0.25, 0.3) is 0 Å². The third-order valence-corrected chi connectivity index (χ3v) is 7.63. The maximum Gasteiger partial charge on any atom is 0.306 e. The van der Waals surface area contributed by atoms with Crippen LogP contribution in [-0.2, 0) is 9.53 Å². The highest BCUT2D eigenvalue weighted by Gasteiger charge is 2.58. The number of hydrogen-bond acceptors (Lipinski definition) is 5. The minimum Gasteiger partial charge on any atom is -0.466 e. The zero-order chi connectivity index (χ0) is 22.0. The topological polar surface area (TPSA) is 82.9 Å². The van der Waals surface area contributed by atoms with E-state index in [1.54, 1.807) is 25.3 Å². The van der Waals surface area contributed by atoms with Crippen LogP contribution in [0.3, 0.4) is 0 Å². The number of hydrogen-bond donors (Lipinski definition) is 1. The van der Waals surface area contributed by atoms with Crippen LogP contribution in [0, 0.1) is 22.7 Å². The molecule has 0 amide bonds. The van der Waals surface area contributed by atoms with Crippen molar-refractivity contribution in [2.24, 2.45) is 11.3 Å². The van der Waals surface area contributed by atoms with Crippen molar-refractivity contribution in [3.8, 4) is 6.07 Å². The average molecular weight is 453 g/mol. The highest BCUT2D eigenvalue weighted by Crippen LogP contribution is 2.59. The lowest BCUT2D eigenvalue weighted by Gasteiger charge is -2.31. The number of esters is 1. The Hall–Kier alpha value is -2.75. The predicted molar refractivity (Wildman–Crippen MR) is 122 cm³/mol. The molecule has 1 N–H and O–H groups in total. The van der Waals surface area contributed by atoms with Crippen LogP contribution in [-0.4, -0.2) is 29.1 Å². The van der Waals surface area contributed by atoms with Crippen LogP contribution in [0.15, 0.2) is 54.7 Å². The van der Waals surface area contributed by atoms with Crippen LogP contribution >= 0.6 is 23.4 Å². The number of thioether (sulfide) groups is 1. The van der Waals surface area contributed by atoms with Crippen molar-refractivity contribution in [2.75, 3.05) is 12.4 Å². The predicted octanol–water partition coefficient (Wildman–Crippen LogP) is 5.57.